The van der Waals surface area contributed by atoms with Gasteiger partial charge in [-0.15, -0.1) is 0 Å². The van der Waals surface area contributed by atoms with Gasteiger partial charge in [-0.3, -0.25) is 0 Å². The van der Waals surface area contributed by atoms with Gasteiger partial charge in [-0.25, -0.2) is 0 Å². The van der Waals surface area contributed by atoms with E-state index in [9.17, 15) is 0 Å². The predicted molar refractivity (Wildman–Crippen MR) is 44.6 cm³/mol. The van der Waals surface area contributed by atoms with E-state index in [-0.39, 0.29) is 24.8 Å². The van der Waals surface area contributed by atoms with Crippen molar-refractivity contribution in [3.63, 3.8) is 0 Å². The summed E-state index contributed by atoms with van der Waals surface area (Å²) in [5.74, 6) is 0.938. The summed E-state index contributed by atoms with van der Waals surface area (Å²) >= 11 is 1.70. The van der Waals surface area contributed by atoms with Crippen molar-refractivity contribution < 1.29 is 49.0 Å². The van der Waals surface area contributed by atoms with Gasteiger partial charge in [0.05, 0.1) is 0 Å². The van der Waals surface area contributed by atoms with Crippen LogP contribution in [-0.2, 0) is 20.8 Å². The van der Waals surface area contributed by atoms with Gasteiger partial charge < -0.3 is 24.8 Å². The standard InChI is InChI=1S/C10H8O.2ClH.Ti/c11-10-7-3-5-8-4-1-2-6-9(8)10;;;/h1-7,11H;2*1H;/q;;;+3/p-3. The molecule has 0 aliphatic heterocycles. The third-order valence-corrected chi connectivity index (χ3v) is 2.20. The number of rotatable bonds is 1. The Kier molecular flexibility index (Phi) is 6.22. The number of benzene rings is 2. The molecule has 0 aromatic heterocycles. The van der Waals surface area contributed by atoms with E-state index in [2.05, 4.69) is 18.2 Å². The van der Waals surface area contributed by atoms with Crippen LogP contribution in [0.15, 0.2) is 42.5 Å². The monoisotopic (exact) mass is 261 g/mol. The van der Waals surface area contributed by atoms with E-state index in [0.717, 1.165) is 5.75 Å². The molecule has 0 amide bonds. The summed E-state index contributed by atoms with van der Waals surface area (Å²) in [4.78, 5) is 0. The van der Waals surface area contributed by atoms with Gasteiger partial charge in [0.15, 0.2) is 0 Å². The maximum absolute atomic E-state index is 5.23. The van der Waals surface area contributed by atoms with E-state index in [1.165, 1.54) is 10.8 Å². The van der Waals surface area contributed by atoms with Crippen LogP contribution in [-0.4, -0.2) is 0 Å². The zero-order valence-electron chi connectivity index (χ0n) is 7.21. The Hall–Kier alpha value is -0.206. The first kappa shape index (κ1) is 13.8. The molecular formula is C10H7Cl2OTi. The predicted octanol–water partition coefficient (Wildman–Crippen LogP) is -3.31. The molecule has 0 saturated carbocycles. The molecule has 0 heterocycles. The molecule has 0 aliphatic carbocycles. The Labute approximate surface area is 108 Å². The molecule has 0 aliphatic rings. The summed E-state index contributed by atoms with van der Waals surface area (Å²) in [5.41, 5.74) is 0. The Balaban J connectivity index is 0.000000845. The molecular weight excluding hydrogens is 255 g/mol. The van der Waals surface area contributed by atoms with Gasteiger partial charge in [0.2, 0.25) is 0 Å². The fourth-order valence-corrected chi connectivity index (χ4v) is 1.56. The molecule has 0 N–H and O–H groups in total. The van der Waals surface area contributed by atoms with Crippen molar-refractivity contribution in [3.05, 3.63) is 42.5 Å². The fourth-order valence-electron chi connectivity index (χ4n) is 1.28. The van der Waals surface area contributed by atoms with Crippen LogP contribution in [0.1, 0.15) is 0 Å². The van der Waals surface area contributed by atoms with Crippen molar-refractivity contribution in [1.29, 1.82) is 0 Å². The van der Waals surface area contributed by atoms with Gasteiger partial charge in [-0.05, 0) is 0 Å². The first-order chi connectivity index (χ1) is 5.92. The molecule has 0 fully saturated rings. The quantitative estimate of drug-likeness (QED) is 0.489. The summed E-state index contributed by atoms with van der Waals surface area (Å²) in [6, 6.07) is 14.2. The average molecular weight is 262 g/mol. The molecule has 2 rings (SSSR count). The zero-order chi connectivity index (χ0) is 8.39. The molecule has 0 atom stereocenters. The van der Waals surface area contributed by atoms with Crippen molar-refractivity contribution in [1.82, 2.24) is 0 Å². The summed E-state index contributed by atoms with van der Waals surface area (Å²) in [5, 5.41) is 2.39. The minimum atomic E-state index is 0. The van der Waals surface area contributed by atoms with Crippen LogP contribution < -0.4 is 28.1 Å². The molecule has 4 heteroatoms. The van der Waals surface area contributed by atoms with Gasteiger partial charge >= 0.3 is 83.1 Å². The van der Waals surface area contributed by atoms with Crippen LogP contribution in [0, 0.1) is 0 Å². The Morgan fingerprint density at radius 1 is 0.857 bits per heavy atom. The van der Waals surface area contributed by atoms with E-state index >= 15 is 0 Å². The summed E-state index contributed by atoms with van der Waals surface area (Å²) < 4.78 is 5.23. The van der Waals surface area contributed by atoms with E-state index in [4.69, 9.17) is 3.32 Å². The number of halogens is 2. The molecule has 0 spiro atoms. The van der Waals surface area contributed by atoms with Crippen molar-refractivity contribution in [2.75, 3.05) is 0 Å². The van der Waals surface area contributed by atoms with Crippen LogP contribution >= 0.6 is 0 Å². The molecule has 0 unspecified atom stereocenters. The van der Waals surface area contributed by atoms with Crippen LogP contribution in [0.2, 0.25) is 0 Å². The molecule has 2 aromatic rings. The number of hydrogen-bond donors (Lipinski definition) is 0. The average Bonchev–Trinajstić information content (AvgIpc) is 2.17. The summed E-state index contributed by atoms with van der Waals surface area (Å²) in [7, 11) is 0. The zero-order valence-corrected chi connectivity index (χ0v) is 10.3. The Morgan fingerprint density at radius 2 is 1.50 bits per heavy atom. The molecule has 2 aromatic carbocycles. The van der Waals surface area contributed by atoms with Gasteiger partial charge in [-0.2, -0.15) is 0 Å². The first-order valence-electron chi connectivity index (χ1n) is 3.73. The van der Waals surface area contributed by atoms with Gasteiger partial charge in [0, 0.05) is 0 Å². The molecule has 71 valence electrons. The second kappa shape index (κ2) is 6.31. The second-order valence-electron chi connectivity index (χ2n) is 2.58. The van der Waals surface area contributed by atoms with E-state index in [0.29, 0.717) is 0 Å². The van der Waals surface area contributed by atoms with Crippen molar-refractivity contribution in [2.24, 2.45) is 0 Å². The fraction of sp³-hybridized carbons (Fsp3) is 0. The van der Waals surface area contributed by atoms with Crippen LogP contribution in [0.5, 0.6) is 5.75 Å². The Morgan fingerprint density at radius 3 is 2.21 bits per heavy atom. The van der Waals surface area contributed by atoms with Gasteiger partial charge in [0.25, 0.3) is 0 Å². The van der Waals surface area contributed by atoms with Crippen molar-refractivity contribution >= 4 is 10.8 Å². The Bertz CT molecular complexity index is 401. The van der Waals surface area contributed by atoms with Crippen LogP contribution in [0.25, 0.3) is 10.8 Å². The minimum absolute atomic E-state index is 0. The van der Waals surface area contributed by atoms with E-state index < -0.39 is 0 Å². The third-order valence-electron chi connectivity index (χ3n) is 1.86. The van der Waals surface area contributed by atoms with Crippen LogP contribution in [0.3, 0.4) is 0 Å². The summed E-state index contributed by atoms with van der Waals surface area (Å²) in [6.07, 6.45) is 0. The van der Waals surface area contributed by atoms with Gasteiger partial charge in [0.1, 0.15) is 0 Å². The third kappa shape index (κ3) is 2.64. The molecule has 0 saturated heterocycles. The maximum atomic E-state index is 5.23. The normalized spacial score (nSPS) is 8.71. The first-order valence-corrected chi connectivity index (χ1v) is 4.37. The molecule has 1 nitrogen and oxygen atoms in total. The van der Waals surface area contributed by atoms with Crippen molar-refractivity contribution in [3.8, 4) is 5.75 Å². The van der Waals surface area contributed by atoms with Gasteiger partial charge in [-0.1, -0.05) is 0 Å². The second-order valence-corrected chi connectivity index (χ2v) is 2.90. The van der Waals surface area contributed by atoms with Crippen LogP contribution in [0.4, 0.5) is 0 Å². The van der Waals surface area contributed by atoms with Crippen molar-refractivity contribution in [2.45, 2.75) is 0 Å². The molecule has 14 heavy (non-hydrogen) atoms. The van der Waals surface area contributed by atoms with E-state index in [1.54, 1.807) is 20.8 Å². The SMILES string of the molecule is [Cl-].[Cl-].[Ti+2][O]c1cccc2ccccc12. The van der Waals surface area contributed by atoms with E-state index in [1.807, 2.05) is 24.3 Å². The molecule has 0 bridgehead atoms. The molecule has 0 radical (unpaired) electrons. The number of fused-ring (bicyclic) bond motifs is 1. The number of hydrogen-bond acceptors (Lipinski definition) is 1. The summed E-state index contributed by atoms with van der Waals surface area (Å²) in [6.45, 7) is 0. The topological polar surface area (TPSA) is 9.23 Å².